The van der Waals surface area contributed by atoms with E-state index in [1.165, 1.54) is 25.7 Å². The summed E-state index contributed by atoms with van der Waals surface area (Å²) < 4.78 is 0. The van der Waals surface area contributed by atoms with Gasteiger partial charge in [-0.25, -0.2) is 0 Å². The van der Waals surface area contributed by atoms with Gasteiger partial charge in [0.05, 0.1) is 0 Å². The Bertz CT molecular complexity index is 204. The van der Waals surface area contributed by atoms with Gasteiger partial charge in [0, 0.05) is 0 Å². The molecule has 0 saturated heterocycles. The second kappa shape index (κ2) is 8.55. The highest BCUT2D eigenvalue weighted by atomic mass is 13.9. The second-order valence-corrected chi connectivity index (χ2v) is 3.41. The summed E-state index contributed by atoms with van der Waals surface area (Å²) >= 11 is 0. The average molecular weight is 187 g/mol. The first-order valence-electron chi connectivity index (χ1n) is 5.47. The number of rotatable bonds is 0. The summed E-state index contributed by atoms with van der Waals surface area (Å²) in [4.78, 5) is 0. The van der Waals surface area contributed by atoms with Crippen LogP contribution in [0.3, 0.4) is 0 Å². The minimum absolute atomic E-state index is 1.15. The van der Waals surface area contributed by atoms with Gasteiger partial charge in [-0.1, -0.05) is 48.6 Å². The lowest BCUT2D eigenvalue weighted by Crippen LogP contribution is -1.73. The molecule has 0 bridgehead atoms. The molecule has 0 aromatic carbocycles. The van der Waals surface area contributed by atoms with E-state index in [-0.39, 0.29) is 0 Å². The number of allylic oxidation sites excluding steroid dienone is 8. The largest absolute Gasteiger partial charge is 0.0885 e. The highest BCUT2D eigenvalue weighted by Crippen LogP contribution is 2.02. The van der Waals surface area contributed by atoms with Crippen molar-refractivity contribution in [3.63, 3.8) is 0 Å². The van der Waals surface area contributed by atoms with E-state index >= 15 is 0 Å². The smallest absolute Gasteiger partial charge is 0.0164 e. The Morgan fingerprint density at radius 2 is 1.21 bits per heavy atom. The number of hydrogen-bond acceptors (Lipinski definition) is 0. The quantitative estimate of drug-likeness (QED) is 0.494. The second-order valence-electron chi connectivity index (χ2n) is 3.41. The van der Waals surface area contributed by atoms with E-state index in [2.05, 4.69) is 55.0 Å². The molecule has 0 heteroatoms. The topological polar surface area (TPSA) is 0 Å². The first-order chi connectivity index (χ1) is 7.00. The summed E-state index contributed by atoms with van der Waals surface area (Å²) in [7, 11) is 0. The lowest BCUT2D eigenvalue weighted by molar-refractivity contribution is 0.861. The molecule has 0 aromatic rings. The zero-order valence-electron chi connectivity index (χ0n) is 8.73. The molecular weight excluding hydrogens is 168 g/mol. The Labute approximate surface area is 87.7 Å². The maximum atomic E-state index is 2.30. The third-order valence-electron chi connectivity index (χ3n) is 2.12. The van der Waals surface area contributed by atoms with Gasteiger partial charge in [0.15, 0.2) is 0 Å². The molecule has 0 saturated carbocycles. The third-order valence-corrected chi connectivity index (χ3v) is 2.12. The van der Waals surface area contributed by atoms with Crippen molar-refractivity contribution >= 4 is 0 Å². The van der Waals surface area contributed by atoms with E-state index in [1.54, 1.807) is 0 Å². The van der Waals surface area contributed by atoms with Gasteiger partial charge >= 0.3 is 0 Å². The lowest BCUT2D eigenvalue weighted by Gasteiger charge is -1.92. The van der Waals surface area contributed by atoms with Crippen LogP contribution in [0.4, 0.5) is 0 Å². The van der Waals surface area contributed by atoms with Crippen molar-refractivity contribution in [3.05, 3.63) is 55.0 Å². The fourth-order valence-electron chi connectivity index (χ4n) is 1.32. The van der Waals surface area contributed by atoms with Gasteiger partial charge in [0.25, 0.3) is 0 Å². The van der Waals surface area contributed by atoms with E-state index in [0.717, 1.165) is 6.42 Å². The van der Waals surface area contributed by atoms with Gasteiger partial charge in [-0.2, -0.15) is 0 Å². The molecule has 0 heterocycles. The van der Waals surface area contributed by atoms with Crippen LogP contribution in [0, 0.1) is 6.42 Å². The minimum atomic E-state index is 1.15. The maximum Gasteiger partial charge on any atom is -0.0164 e. The molecule has 75 valence electrons. The van der Waals surface area contributed by atoms with Crippen LogP contribution < -0.4 is 0 Å². The van der Waals surface area contributed by atoms with Gasteiger partial charge in [0.2, 0.25) is 0 Å². The molecule has 0 fully saturated rings. The highest BCUT2D eigenvalue weighted by molar-refractivity contribution is 5.13. The molecule has 1 aliphatic carbocycles. The Morgan fingerprint density at radius 1 is 0.500 bits per heavy atom. The van der Waals surface area contributed by atoms with E-state index in [9.17, 15) is 0 Å². The summed E-state index contributed by atoms with van der Waals surface area (Å²) in [5.41, 5.74) is 0. The standard InChI is InChI=1S/C14H19/c1-2-4-6-8-10-12-14-13-11-9-7-5-3-1/h1-7,12,14H,8-11,13H2/b3-1+,4-2+,7-5-,14-12+. The van der Waals surface area contributed by atoms with Crippen molar-refractivity contribution in [2.45, 2.75) is 32.1 Å². The third kappa shape index (κ3) is 6.47. The zero-order valence-corrected chi connectivity index (χ0v) is 8.73. The van der Waals surface area contributed by atoms with Crippen molar-refractivity contribution in [2.75, 3.05) is 0 Å². The van der Waals surface area contributed by atoms with E-state index in [1.807, 2.05) is 0 Å². The first kappa shape index (κ1) is 11.0. The Kier molecular flexibility index (Phi) is 6.74. The van der Waals surface area contributed by atoms with Crippen molar-refractivity contribution < 1.29 is 0 Å². The molecular formula is C14H19. The van der Waals surface area contributed by atoms with Crippen LogP contribution in [-0.4, -0.2) is 0 Å². The maximum absolute atomic E-state index is 2.30. The fourth-order valence-corrected chi connectivity index (χ4v) is 1.32. The predicted molar refractivity (Wildman–Crippen MR) is 63.9 cm³/mol. The molecule has 0 spiro atoms. The molecule has 1 rings (SSSR count). The van der Waals surface area contributed by atoms with E-state index in [0.29, 0.717) is 0 Å². The Hall–Kier alpha value is -1.04. The molecule has 1 radical (unpaired) electrons. The van der Waals surface area contributed by atoms with Gasteiger partial charge in [-0.15, -0.1) is 0 Å². The normalized spacial score (nSPS) is 28.6. The molecule has 0 N–H and O–H groups in total. The van der Waals surface area contributed by atoms with Crippen LogP contribution in [0.2, 0.25) is 0 Å². The van der Waals surface area contributed by atoms with E-state index in [4.69, 9.17) is 0 Å². The molecule has 0 aliphatic heterocycles. The Morgan fingerprint density at radius 3 is 2.21 bits per heavy atom. The van der Waals surface area contributed by atoms with Crippen molar-refractivity contribution in [2.24, 2.45) is 0 Å². The highest BCUT2D eigenvalue weighted by Gasteiger charge is 1.83. The van der Waals surface area contributed by atoms with Crippen molar-refractivity contribution in [3.8, 4) is 0 Å². The zero-order chi connectivity index (χ0) is 9.90. The molecule has 0 amide bonds. The van der Waals surface area contributed by atoms with Crippen LogP contribution >= 0.6 is 0 Å². The molecule has 0 nitrogen and oxygen atoms in total. The van der Waals surface area contributed by atoms with E-state index < -0.39 is 0 Å². The summed E-state index contributed by atoms with van der Waals surface area (Å²) in [6.45, 7) is 0. The Balaban J connectivity index is 2.35. The molecule has 1 aliphatic rings. The van der Waals surface area contributed by atoms with Gasteiger partial charge in [-0.3, -0.25) is 0 Å². The van der Waals surface area contributed by atoms with Gasteiger partial charge in [-0.05, 0) is 38.5 Å². The van der Waals surface area contributed by atoms with Gasteiger partial charge in [0.1, 0.15) is 0 Å². The summed E-state index contributed by atoms with van der Waals surface area (Å²) in [6, 6.07) is 0. The van der Waals surface area contributed by atoms with Crippen LogP contribution in [0.5, 0.6) is 0 Å². The van der Waals surface area contributed by atoms with Crippen LogP contribution in [0.15, 0.2) is 48.6 Å². The van der Waals surface area contributed by atoms with Crippen LogP contribution in [-0.2, 0) is 0 Å². The van der Waals surface area contributed by atoms with Crippen molar-refractivity contribution in [1.82, 2.24) is 0 Å². The lowest BCUT2D eigenvalue weighted by atomic mass is 10.1. The first-order valence-corrected chi connectivity index (χ1v) is 5.47. The number of hydrogen-bond donors (Lipinski definition) is 0. The predicted octanol–water partition coefficient (Wildman–Crippen LogP) is 4.38. The summed E-state index contributed by atoms with van der Waals surface area (Å²) in [6.07, 6.45) is 25.5. The van der Waals surface area contributed by atoms with Crippen molar-refractivity contribution in [1.29, 1.82) is 0 Å². The molecule has 0 unspecified atom stereocenters. The summed E-state index contributed by atoms with van der Waals surface area (Å²) in [5.74, 6) is 0. The fraction of sp³-hybridized carbons (Fsp3) is 0.357. The summed E-state index contributed by atoms with van der Waals surface area (Å²) in [5, 5.41) is 0. The van der Waals surface area contributed by atoms with Gasteiger partial charge < -0.3 is 0 Å². The SMILES string of the molecule is [CH]1/C=C/C=C/C=C\CCC/C=C/CC1. The molecule has 14 heavy (non-hydrogen) atoms. The van der Waals surface area contributed by atoms with Crippen LogP contribution in [0.25, 0.3) is 0 Å². The minimum Gasteiger partial charge on any atom is -0.0885 e. The van der Waals surface area contributed by atoms with Crippen LogP contribution in [0.1, 0.15) is 32.1 Å². The molecule has 0 atom stereocenters. The molecule has 0 aromatic heterocycles. The monoisotopic (exact) mass is 187 g/mol. The average Bonchev–Trinajstić information content (AvgIpc) is 2.22.